The van der Waals surface area contributed by atoms with Crippen LogP contribution in [0.5, 0.6) is 0 Å². The smallest absolute Gasteiger partial charge is 0.296 e. The highest BCUT2D eigenvalue weighted by atomic mass is 32.2. The van der Waals surface area contributed by atoms with Crippen molar-refractivity contribution >= 4 is 131 Å². The molecule has 0 bridgehead atoms. The van der Waals surface area contributed by atoms with Crippen LogP contribution in [0.3, 0.4) is 0 Å². The molecular formula is C52H46N14O18S6. The Balaban J connectivity index is 1.16. The number of nitrogens with one attached hydrogen (secondary N) is 4. The summed E-state index contributed by atoms with van der Waals surface area (Å²) in [7, 11) is -30.6. The van der Waals surface area contributed by atoms with E-state index in [1.54, 1.807) is 60.7 Å². The van der Waals surface area contributed by atoms with E-state index in [-0.39, 0.29) is 73.4 Å². The zero-order valence-electron chi connectivity index (χ0n) is 45.6. The van der Waals surface area contributed by atoms with E-state index < -0.39 is 125 Å². The third-order valence-corrected chi connectivity index (χ3v) is 17.7. The molecule has 8 rings (SSSR count). The van der Waals surface area contributed by atoms with Crippen LogP contribution in [0.1, 0.15) is 35.1 Å². The van der Waals surface area contributed by atoms with Crippen LogP contribution in [0.2, 0.25) is 0 Å². The second-order valence-electron chi connectivity index (χ2n) is 18.7. The molecule has 0 spiro atoms. The minimum atomic E-state index is -5.20. The highest BCUT2D eigenvalue weighted by Crippen LogP contribution is 2.33. The summed E-state index contributed by atoms with van der Waals surface area (Å²) >= 11 is 0. The molecule has 0 fully saturated rings. The molecule has 2 aromatic heterocycles. The Bertz CT molecular complexity index is 4600. The molecule has 90 heavy (non-hydrogen) atoms. The zero-order chi connectivity index (χ0) is 65.4. The lowest BCUT2D eigenvalue weighted by Gasteiger charge is -2.23. The van der Waals surface area contributed by atoms with Gasteiger partial charge in [-0.2, -0.15) is 90.9 Å². The van der Waals surface area contributed by atoms with Crippen molar-refractivity contribution in [1.82, 2.24) is 29.9 Å². The molecule has 0 aliphatic rings. The van der Waals surface area contributed by atoms with Gasteiger partial charge in [0.1, 0.15) is 19.6 Å². The van der Waals surface area contributed by atoms with Gasteiger partial charge in [0.25, 0.3) is 60.7 Å². The Morgan fingerprint density at radius 1 is 0.389 bits per heavy atom. The molecule has 0 saturated carbocycles. The first kappa shape index (κ1) is 66.3. The van der Waals surface area contributed by atoms with Gasteiger partial charge in [0.15, 0.2) is 0 Å². The Hall–Kier alpha value is -9.68. The van der Waals surface area contributed by atoms with Gasteiger partial charge in [-0.15, -0.1) is 0 Å². The molecule has 468 valence electrons. The van der Waals surface area contributed by atoms with Crippen molar-refractivity contribution in [2.45, 2.75) is 55.3 Å². The summed E-state index contributed by atoms with van der Waals surface area (Å²) in [6, 6.07) is 32.0. The van der Waals surface area contributed by atoms with Crippen LogP contribution in [0.4, 0.5) is 58.4 Å². The van der Waals surface area contributed by atoms with Crippen LogP contribution in [-0.2, 0) is 73.8 Å². The third-order valence-electron chi connectivity index (χ3n) is 12.3. The molecule has 0 unspecified atom stereocenters. The summed E-state index contributed by atoms with van der Waals surface area (Å²) in [6.07, 6.45) is 1.91. The largest absolute Gasteiger partial charge is 0.335 e. The molecule has 0 radical (unpaired) electrons. The Morgan fingerprint density at radius 2 is 0.722 bits per heavy atom. The molecule has 0 atom stereocenters. The van der Waals surface area contributed by atoms with Gasteiger partial charge >= 0.3 is 0 Å². The van der Waals surface area contributed by atoms with Crippen molar-refractivity contribution in [3.8, 4) is 12.1 Å². The average Bonchev–Trinajstić information content (AvgIpc) is 2.52. The summed E-state index contributed by atoms with van der Waals surface area (Å²) < 4.78 is 211. The van der Waals surface area contributed by atoms with E-state index in [1.807, 2.05) is 12.1 Å². The van der Waals surface area contributed by atoms with Crippen molar-refractivity contribution in [2.75, 3.05) is 44.2 Å². The number of hydrogen-bond donors (Lipinski definition) is 10. The van der Waals surface area contributed by atoms with Crippen LogP contribution in [-0.4, -0.2) is 121 Å². The molecular weight excluding hydrogens is 1300 g/mol. The Kier molecular flexibility index (Phi) is 19.9. The van der Waals surface area contributed by atoms with Crippen LogP contribution in [0.25, 0.3) is 12.2 Å². The number of hydrogen-bond acceptors (Lipinski definition) is 26. The summed E-state index contributed by atoms with van der Waals surface area (Å²) in [5.74, 6) is -2.39. The predicted octanol–water partition coefficient (Wildman–Crippen LogP) is 6.52. The van der Waals surface area contributed by atoms with Gasteiger partial charge < -0.3 is 31.1 Å². The van der Waals surface area contributed by atoms with Crippen molar-refractivity contribution in [3.05, 3.63) is 156 Å². The maximum atomic E-state index is 13.1. The fraction of sp³-hybridized carbons (Fsp3) is 0.115. The van der Waals surface area contributed by atoms with Crippen LogP contribution >= 0.6 is 0 Å². The maximum absolute atomic E-state index is 13.1. The number of nitrogens with zero attached hydrogens (tertiary/aromatic N) is 10. The first-order valence-corrected chi connectivity index (χ1v) is 33.9. The number of nitriles is 2. The number of aromatic nitrogens is 6. The second kappa shape index (κ2) is 27.0. The summed E-state index contributed by atoms with van der Waals surface area (Å²) in [4.78, 5) is 24.0. The first-order valence-electron chi connectivity index (χ1n) is 25.3. The van der Waals surface area contributed by atoms with Crippen LogP contribution < -0.4 is 31.1 Å². The van der Waals surface area contributed by atoms with E-state index in [0.717, 1.165) is 36.4 Å². The SMILES string of the molecule is N#CCCN(Cc1ccccc1)c1nc(Nc2ccc(C=Cc3ccc(Nc4nc(Nc5cc(S(=O)(=O)O)ccc5S(=O)(=O)O)nc(N(CCC#N)Cc5ccccc5)n4)cc3S(=O)(=O)O)c(S(=O)(=O)O)c2)nc(Nc2cc(S(=O)(=O)O)ccc2S(=O)(=O)O)n1. The fourth-order valence-electron chi connectivity index (χ4n) is 8.32. The molecule has 6 aromatic carbocycles. The predicted molar refractivity (Wildman–Crippen MR) is 322 cm³/mol. The van der Waals surface area contributed by atoms with Crippen molar-refractivity contribution in [1.29, 1.82) is 10.5 Å². The van der Waals surface area contributed by atoms with E-state index in [4.69, 9.17) is 0 Å². The van der Waals surface area contributed by atoms with Gasteiger partial charge in [0, 0.05) is 37.6 Å². The number of anilines is 10. The molecule has 0 aliphatic carbocycles. The Labute approximate surface area is 513 Å². The number of benzene rings is 6. The minimum Gasteiger partial charge on any atom is -0.335 e. The van der Waals surface area contributed by atoms with Gasteiger partial charge in [-0.3, -0.25) is 27.3 Å². The van der Waals surface area contributed by atoms with E-state index >= 15 is 0 Å². The molecule has 8 aromatic rings. The summed E-state index contributed by atoms with van der Waals surface area (Å²) in [5.41, 5.74) is -0.857. The molecule has 0 aliphatic heterocycles. The van der Waals surface area contributed by atoms with Crippen molar-refractivity contribution in [2.24, 2.45) is 0 Å². The van der Waals surface area contributed by atoms with E-state index in [0.29, 0.717) is 47.5 Å². The van der Waals surface area contributed by atoms with Crippen molar-refractivity contribution in [3.63, 3.8) is 0 Å². The van der Waals surface area contributed by atoms with Crippen LogP contribution in [0, 0.1) is 22.7 Å². The van der Waals surface area contributed by atoms with Gasteiger partial charge in [0.2, 0.25) is 35.7 Å². The molecule has 32 nitrogen and oxygen atoms in total. The number of rotatable bonds is 26. The van der Waals surface area contributed by atoms with E-state index in [1.165, 1.54) is 21.9 Å². The lowest BCUT2D eigenvalue weighted by molar-refractivity contribution is 0.479. The van der Waals surface area contributed by atoms with Crippen LogP contribution in [0.15, 0.2) is 163 Å². The highest BCUT2D eigenvalue weighted by molar-refractivity contribution is 7.87. The summed E-state index contributed by atoms with van der Waals surface area (Å²) in [6.45, 7) is 0.0479. The van der Waals surface area contributed by atoms with Gasteiger partial charge in [-0.25, -0.2) is 0 Å². The molecule has 0 amide bonds. The average molecular weight is 1350 g/mol. The molecule has 2 heterocycles. The summed E-state index contributed by atoms with van der Waals surface area (Å²) in [5, 5.41) is 29.6. The lowest BCUT2D eigenvalue weighted by Crippen LogP contribution is -2.26. The zero-order valence-corrected chi connectivity index (χ0v) is 50.5. The Morgan fingerprint density at radius 3 is 1.03 bits per heavy atom. The topological polar surface area (TPSA) is 506 Å². The second-order valence-corrected chi connectivity index (χ2v) is 27.1. The quantitative estimate of drug-likeness (QED) is 0.0204. The van der Waals surface area contributed by atoms with Gasteiger partial charge in [-0.1, -0.05) is 84.9 Å². The normalized spacial score (nSPS) is 12.2. The minimum absolute atomic E-state index is 0.0283. The molecule has 38 heteroatoms. The maximum Gasteiger partial charge on any atom is 0.296 e. The molecule has 0 saturated heterocycles. The third kappa shape index (κ3) is 17.6. The van der Waals surface area contributed by atoms with E-state index in [9.17, 15) is 88.3 Å². The first-order chi connectivity index (χ1) is 42.2. The monoisotopic (exact) mass is 1350 g/mol. The van der Waals surface area contributed by atoms with Gasteiger partial charge in [0.05, 0.1) is 46.1 Å². The molecule has 10 N–H and O–H groups in total. The van der Waals surface area contributed by atoms with E-state index in [2.05, 4.69) is 51.2 Å². The van der Waals surface area contributed by atoms with Crippen molar-refractivity contribution < 1.29 is 77.8 Å². The lowest BCUT2D eigenvalue weighted by atomic mass is 10.1. The van der Waals surface area contributed by atoms with Gasteiger partial charge in [-0.05, 0) is 82.9 Å². The standard InChI is InChI=1S/C52H46N14O18S6/c53-23-7-25-65(31-33-9-3-1-4-10-33)51-61-47(59-49(63-51)57-41-29-39(85(67,68)69)19-21-43(41)87(73,74)75)55-37-17-15-35(45(27-37)89(79,80)81)13-14-36-16-18-38(28-46(36)90(82,83)84)56-48-60-50(58-42-30-40(86(70,71)72)20-22-44(42)88(76,77)78)64-52(62-48)66(26-8-24-54)32-34-11-5-2-6-12-34/h1-6,9-22,27-30H,7-8,25-26,31-32H2,(H,67,68,69)(H,70,71,72)(H,73,74,75)(H,76,77,78)(H,79,80,81)(H,82,83,84)(H2,55,57,59,61,63)(H2,56,58,60,62,64). The fourth-order valence-corrected chi connectivity index (χ4v) is 12.0. The highest BCUT2D eigenvalue weighted by Gasteiger charge is 2.26.